The summed E-state index contributed by atoms with van der Waals surface area (Å²) in [5.41, 5.74) is 6.94. The number of carbonyl (C=O) groups excluding carboxylic acids is 1. The summed E-state index contributed by atoms with van der Waals surface area (Å²) in [5.74, 6) is 0.125. The minimum absolute atomic E-state index is 0. The van der Waals surface area contributed by atoms with Gasteiger partial charge in [0.15, 0.2) is 0 Å². The van der Waals surface area contributed by atoms with E-state index in [2.05, 4.69) is 35.6 Å². The molecule has 0 atom stereocenters. The van der Waals surface area contributed by atoms with Gasteiger partial charge in [0.05, 0.1) is 5.54 Å². The third-order valence-electron chi connectivity index (χ3n) is 4.81. The topological polar surface area (TPSA) is 55.1 Å². The van der Waals surface area contributed by atoms with Crippen LogP contribution in [0.25, 0.3) is 10.8 Å². The molecule has 2 aromatic carbocycles. The van der Waals surface area contributed by atoms with Crippen LogP contribution in [-0.4, -0.2) is 18.0 Å². The first kappa shape index (κ1) is 17.8. The molecular formula is C19H25ClN2O. The summed E-state index contributed by atoms with van der Waals surface area (Å²) in [5, 5.41) is 5.66. The highest BCUT2D eigenvalue weighted by Crippen LogP contribution is 2.28. The highest BCUT2D eigenvalue weighted by atomic mass is 35.5. The van der Waals surface area contributed by atoms with Crippen LogP contribution >= 0.6 is 12.4 Å². The smallest absolute Gasteiger partial charge is 0.220 e. The van der Waals surface area contributed by atoms with Gasteiger partial charge >= 0.3 is 0 Å². The molecule has 1 saturated carbocycles. The van der Waals surface area contributed by atoms with Crippen LogP contribution in [0.4, 0.5) is 0 Å². The molecule has 0 saturated heterocycles. The summed E-state index contributed by atoms with van der Waals surface area (Å²) in [6.45, 7) is 0.550. The van der Waals surface area contributed by atoms with E-state index in [-0.39, 0.29) is 23.9 Å². The number of aryl methyl sites for hydroxylation is 1. The van der Waals surface area contributed by atoms with Gasteiger partial charge in [0.1, 0.15) is 0 Å². The van der Waals surface area contributed by atoms with E-state index in [9.17, 15) is 4.79 Å². The molecule has 0 radical (unpaired) electrons. The summed E-state index contributed by atoms with van der Waals surface area (Å²) in [4.78, 5) is 12.2. The molecule has 0 aromatic heterocycles. The minimum atomic E-state index is -0.138. The molecule has 1 amide bonds. The molecule has 3 nitrogen and oxygen atoms in total. The third kappa shape index (κ3) is 4.24. The highest BCUT2D eigenvalue weighted by molar-refractivity contribution is 5.85. The summed E-state index contributed by atoms with van der Waals surface area (Å²) in [6.07, 6.45) is 5.68. The molecule has 0 spiro atoms. The Morgan fingerprint density at radius 2 is 1.78 bits per heavy atom. The quantitative estimate of drug-likeness (QED) is 0.879. The Morgan fingerprint density at radius 1 is 1.09 bits per heavy atom. The van der Waals surface area contributed by atoms with Crippen LogP contribution in [-0.2, 0) is 11.2 Å². The van der Waals surface area contributed by atoms with E-state index in [0.29, 0.717) is 13.0 Å². The Labute approximate surface area is 144 Å². The Hall–Kier alpha value is -1.58. The van der Waals surface area contributed by atoms with Crippen LogP contribution in [0.3, 0.4) is 0 Å². The van der Waals surface area contributed by atoms with Crippen molar-refractivity contribution in [2.24, 2.45) is 5.73 Å². The zero-order valence-corrected chi connectivity index (χ0v) is 14.2. The van der Waals surface area contributed by atoms with Gasteiger partial charge in [-0.25, -0.2) is 0 Å². The lowest BCUT2D eigenvalue weighted by Crippen LogP contribution is -2.51. The third-order valence-corrected chi connectivity index (χ3v) is 4.81. The van der Waals surface area contributed by atoms with Gasteiger partial charge in [0.2, 0.25) is 5.91 Å². The van der Waals surface area contributed by atoms with Gasteiger partial charge in [0.25, 0.3) is 0 Å². The predicted molar refractivity (Wildman–Crippen MR) is 97.9 cm³/mol. The number of fused-ring (bicyclic) bond motifs is 1. The summed E-state index contributed by atoms with van der Waals surface area (Å²) in [6, 6.07) is 14.7. The lowest BCUT2D eigenvalue weighted by molar-refractivity contribution is -0.122. The Bertz CT molecular complexity index is 665. The Balaban J connectivity index is 0.00000192. The summed E-state index contributed by atoms with van der Waals surface area (Å²) >= 11 is 0. The second-order valence-corrected chi connectivity index (χ2v) is 6.42. The van der Waals surface area contributed by atoms with Gasteiger partial charge in [-0.3, -0.25) is 4.79 Å². The van der Waals surface area contributed by atoms with Crippen molar-refractivity contribution in [1.82, 2.24) is 5.32 Å². The van der Waals surface area contributed by atoms with Gasteiger partial charge < -0.3 is 11.1 Å². The molecule has 0 heterocycles. The lowest BCUT2D eigenvalue weighted by atomic mass is 9.97. The molecule has 1 fully saturated rings. The van der Waals surface area contributed by atoms with Gasteiger partial charge in [-0.2, -0.15) is 0 Å². The van der Waals surface area contributed by atoms with Crippen molar-refractivity contribution in [3.63, 3.8) is 0 Å². The standard InChI is InChI=1S/C19H24N2O.ClH/c20-14-19(11-3-4-12-19)21-18(22)10-8-15-7-9-16-5-1-2-6-17(16)13-15;/h1-2,5-7,9,13H,3-4,8,10-12,14,20H2,(H,21,22);1H. The van der Waals surface area contributed by atoms with Crippen LogP contribution in [0.2, 0.25) is 0 Å². The van der Waals surface area contributed by atoms with E-state index in [1.807, 2.05) is 12.1 Å². The van der Waals surface area contributed by atoms with Crippen molar-refractivity contribution >= 4 is 29.1 Å². The number of hydrogen-bond donors (Lipinski definition) is 2. The maximum atomic E-state index is 12.2. The van der Waals surface area contributed by atoms with Crippen molar-refractivity contribution in [2.45, 2.75) is 44.1 Å². The van der Waals surface area contributed by atoms with Gasteiger partial charge in [-0.05, 0) is 35.6 Å². The van der Waals surface area contributed by atoms with Crippen molar-refractivity contribution in [3.05, 3.63) is 48.0 Å². The molecule has 4 heteroatoms. The van der Waals surface area contributed by atoms with Crippen LogP contribution in [0.1, 0.15) is 37.7 Å². The SMILES string of the molecule is Cl.NCC1(NC(=O)CCc2ccc3ccccc3c2)CCCC1. The molecule has 3 N–H and O–H groups in total. The van der Waals surface area contributed by atoms with Crippen molar-refractivity contribution in [2.75, 3.05) is 6.54 Å². The maximum Gasteiger partial charge on any atom is 0.220 e. The number of halogens is 1. The van der Waals surface area contributed by atoms with E-state index in [1.165, 1.54) is 29.2 Å². The number of hydrogen-bond acceptors (Lipinski definition) is 2. The second-order valence-electron chi connectivity index (χ2n) is 6.42. The number of benzene rings is 2. The number of nitrogens with two attached hydrogens (primary N) is 1. The fourth-order valence-electron chi connectivity index (χ4n) is 3.44. The molecular weight excluding hydrogens is 308 g/mol. The number of nitrogens with one attached hydrogen (secondary N) is 1. The minimum Gasteiger partial charge on any atom is -0.349 e. The lowest BCUT2D eigenvalue weighted by Gasteiger charge is -2.28. The van der Waals surface area contributed by atoms with E-state index >= 15 is 0 Å². The number of amides is 1. The van der Waals surface area contributed by atoms with E-state index in [1.54, 1.807) is 0 Å². The average Bonchev–Trinajstić information content (AvgIpc) is 3.02. The molecule has 3 rings (SSSR count). The normalized spacial score (nSPS) is 16.0. The van der Waals surface area contributed by atoms with E-state index < -0.39 is 0 Å². The molecule has 0 bridgehead atoms. The van der Waals surface area contributed by atoms with Crippen LogP contribution in [0, 0.1) is 0 Å². The molecule has 2 aromatic rings. The van der Waals surface area contributed by atoms with Crippen LogP contribution < -0.4 is 11.1 Å². The molecule has 0 aliphatic heterocycles. The molecule has 1 aliphatic rings. The first-order valence-electron chi connectivity index (χ1n) is 8.20. The molecule has 0 unspecified atom stereocenters. The monoisotopic (exact) mass is 332 g/mol. The number of carbonyl (C=O) groups is 1. The highest BCUT2D eigenvalue weighted by Gasteiger charge is 2.33. The predicted octanol–water partition coefficient (Wildman–Crippen LogP) is 3.58. The first-order valence-corrected chi connectivity index (χ1v) is 8.20. The van der Waals surface area contributed by atoms with Gasteiger partial charge in [-0.1, -0.05) is 55.3 Å². The largest absolute Gasteiger partial charge is 0.349 e. The van der Waals surface area contributed by atoms with Crippen molar-refractivity contribution in [1.29, 1.82) is 0 Å². The second kappa shape index (κ2) is 7.80. The number of rotatable bonds is 5. The molecule has 23 heavy (non-hydrogen) atoms. The van der Waals surface area contributed by atoms with Crippen LogP contribution in [0.5, 0.6) is 0 Å². The van der Waals surface area contributed by atoms with Crippen molar-refractivity contribution < 1.29 is 4.79 Å². The van der Waals surface area contributed by atoms with Gasteiger partial charge in [-0.15, -0.1) is 12.4 Å². The zero-order valence-electron chi connectivity index (χ0n) is 13.4. The van der Waals surface area contributed by atoms with Crippen molar-refractivity contribution in [3.8, 4) is 0 Å². The van der Waals surface area contributed by atoms with Crippen LogP contribution in [0.15, 0.2) is 42.5 Å². The Morgan fingerprint density at radius 3 is 2.48 bits per heavy atom. The average molecular weight is 333 g/mol. The van der Waals surface area contributed by atoms with E-state index in [4.69, 9.17) is 5.73 Å². The molecule has 1 aliphatic carbocycles. The Kier molecular flexibility index (Phi) is 6.03. The zero-order chi connectivity index (χ0) is 15.4. The first-order chi connectivity index (χ1) is 10.7. The van der Waals surface area contributed by atoms with E-state index in [0.717, 1.165) is 19.3 Å². The maximum absolute atomic E-state index is 12.2. The molecule has 124 valence electrons. The fraction of sp³-hybridized carbons (Fsp3) is 0.421. The van der Waals surface area contributed by atoms with Gasteiger partial charge in [0, 0.05) is 13.0 Å². The fourth-order valence-corrected chi connectivity index (χ4v) is 3.44. The summed E-state index contributed by atoms with van der Waals surface area (Å²) < 4.78 is 0. The summed E-state index contributed by atoms with van der Waals surface area (Å²) in [7, 11) is 0.